The van der Waals surface area contributed by atoms with E-state index in [1.807, 2.05) is 36.6 Å². The monoisotopic (exact) mass is 431 g/mol. The maximum absolute atomic E-state index is 12.4. The molecule has 0 saturated carbocycles. The van der Waals surface area contributed by atoms with E-state index < -0.39 is 11.9 Å². The van der Waals surface area contributed by atoms with Gasteiger partial charge in [-0.1, -0.05) is 6.07 Å². The van der Waals surface area contributed by atoms with Crippen LogP contribution in [0.25, 0.3) is 28.6 Å². The summed E-state index contributed by atoms with van der Waals surface area (Å²) in [7, 11) is 2.67. The molecule has 2 heterocycles. The predicted octanol–water partition coefficient (Wildman–Crippen LogP) is 4.38. The van der Waals surface area contributed by atoms with Crippen molar-refractivity contribution in [2.24, 2.45) is 0 Å². The van der Waals surface area contributed by atoms with Crippen LogP contribution in [0.5, 0.6) is 0 Å². The van der Waals surface area contributed by atoms with Crippen LogP contribution in [0, 0.1) is 13.8 Å². The lowest BCUT2D eigenvalue weighted by atomic mass is 10.1. The lowest BCUT2D eigenvalue weighted by Gasteiger charge is -2.14. The van der Waals surface area contributed by atoms with Gasteiger partial charge in [-0.05, 0) is 62.4 Å². The Morgan fingerprint density at radius 2 is 1.44 bits per heavy atom. The molecule has 2 aromatic carbocycles. The molecule has 0 unspecified atom stereocenters. The molecule has 2 aromatic heterocycles. The third-order valence-corrected chi connectivity index (χ3v) is 5.12. The predicted molar refractivity (Wildman–Crippen MR) is 117 cm³/mol. The number of ether oxygens (including phenoxy) is 2. The second-order valence-corrected chi connectivity index (χ2v) is 7.16. The van der Waals surface area contributed by atoms with Crippen LogP contribution in [0.4, 0.5) is 0 Å². The molecule has 0 fully saturated rings. The highest BCUT2D eigenvalue weighted by Gasteiger charge is 2.19. The van der Waals surface area contributed by atoms with Crippen molar-refractivity contribution in [3.63, 3.8) is 0 Å². The molecular formula is C24H21N3O5. The van der Waals surface area contributed by atoms with Gasteiger partial charge in [0.1, 0.15) is 0 Å². The van der Waals surface area contributed by atoms with Crippen molar-refractivity contribution in [1.29, 1.82) is 0 Å². The highest BCUT2D eigenvalue weighted by atomic mass is 16.5. The number of aryl methyl sites for hydroxylation is 2. The van der Waals surface area contributed by atoms with Gasteiger partial charge in [0.15, 0.2) is 0 Å². The second kappa shape index (κ2) is 8.50. The van der Waals surface area contributed by atoms with Gasteiger partial charge in [-0.25, -0.2) is 9.59 Å². The Morgan fingerprint density at radius 3 is 2.06 bits per heavy atom. The molecule has 0 aliphatic rings. The van der Waals surface area contributed by atoms with Crippen molar-refractivity contribution in [2.45, 2.75) is 13.8 Å². The molecule has 32 heavy (non-hydrogen) atoms. The third kappa shape index (κ3) is 3.78. The first-order valence-corrected chi connectivity index (χ1v) is 9.83. The average Bonchev–Trinajstić information content (AvgIpc) is 3.44. The summed E-state index contributed by atoms with van der Waals surface area (Å²) in [5.41, 5.74) is 4.63. The van der Waals surface area contributed by atoms with Gasteiger partial charge in [0.05, 0.1) is 31.0 Å². The highest BCUT2D eigenvalue weighted by molar-refractivity contribution is 5.94. The van der Waals surface area contributed by atoms with Crippen LogP contribution in [0.15, 0.2) is 59.0 Å². The first-order chi connectivity index (χ1) is 15.4. The summed E-state index contributed by atoms with van der Waals surface area (Å²) in [6.45, 7) is 3.92. The topological polar surface area (TPSA) is 96.5 Å². The van der Waals surface area contributed by atoms with E-state index in [1.165, 1.54) is 14.2 Å². The van der Waals surface area contributed by atoms with Crippen LogP contribution < -0.4 is 0 Å². The molecule has 0 saturated heterocycles. The van der Waals surface area contributed by atoms with Crippen molar-refractivity contribution in [3.8, 4) is 28.6 Å². The minimum atomic E-state index is -0.452. The fourth-order valence-corrected chi connectivity index (χ4v) is 3.53. The largest absolute Gasteiger partial charge is 0.465 e. The molecule has 0 amide bonds. The Balaban J connectivity index is 1.78. The Morgan fingerprint density at radius 1 is 0.812 bits per heavy atom. The maximum atomic E-state index is 12.4. The summed E-state index contributed by atoms with van der Waals surface area (Å²) < 4.78 is 17.6. The second-order valence-electron chi connectivity index (χ2n) is 7.16. The van der Waals surface area contributed by atoms with Crippen molar-refractivity contribution in [3.05, 3.63) is 77.1 Å². The Hall–Kier alpha value is -4.20. The van der Waals surface area contributed by atoms with Gasteiger partial charge in [-0.3, -0.25) is 0 Å². The van der Waals surface area contributed by atoms with Gasteiger partial charge in [0.25, 0.3) is 0 Å². The molecule has 8 heteroatoms. The number of methoxy groups -OCH3 is 2. The molecule has 4 rings (SSSR count). The Bertz CT molecular complexity index is 1300. The molecule has 0 N–H and O–H groups in total. The van der Waals surface area contributed by atoms with Crippen LogP contribution >= 0.6 is 0 Å². The molecule has 8 nitrogen and oxygen atoms in total. The van der Waals surface area contributed by atoms with E-state index in [0.29, 0.717) is 27.9 Å². The lowest BCUT2D eigenvalue weighted by molar-refractivity contribution is 0.0592. The summed E-state index contributed by atoms with van der Waals surface area (Å²) in [6.07, 6.45) is 0. The number of benzene rings is 2. The molecule has 4 aromatic rings. The van der Waals surface area contributed by atoms with Gasteiger partial charge >= 0.3 is 11.9 Å². The van der Waals surface area contributed by atoms with Crippen LogP contribution in [0.2, 0.25) is 0 Å². The molecule has 0 atom stereocenters. The number of esters is 2. The Labute approximate surface area is 184 Å². The first-order valence-electron chi connectivity index (χ1n) is 9.83. The molecule has 0 aliphatic heterocycles. The number of rotatable bonds is 5. The molecule has 0 bridgehead atoms. The number of aromatic nitrogens is 3. The zero-order valence-electron chi connectivity index (χ0n) is 18.1. The van der Waals surface area contributed by atoms with E-state index in [-0.39, 0.29) is 11.8 Å². The molecular weight excluding hydrogens is 410 g/mol. The number of nitrogens with zero attached hydrogens (tertiary/aromatic N) is 3. The van der Waals surface area contributed by atoms with Crippen LogP contribution in [0.1, 0.15) is 32.1 Å². The van der Waals surface area contributed by atoms with Crippen molar-refractivity contribution in [1.82, 2.24) is 14.8 Å². The standard InChI is InChI=1S/C24H21N3O5/c1-14-8-9-15(2)27(14)20-13-17(10-11-19(20)24(29)31-4)22-26-25-21(32-22)16-6-5-7-18(12-16)23(28)30-3/h5-13H,1-4H3. The fraction of sp³-hybridized carbons (Fsp3) is 0.167. The van der Waals surface area contributed by atoms with E-state index in [9.17, 15) is 9.59 Å². The number of hydrogen-bond acceptors (Lipinski definition) is 7. The van der Waals surface area contributed by atoms with Gasteiger partial charge in [0.2, 0.25) is 11.8 Å². The van der Waals surface area contributed by atoms with Gasteiger partial charge in [0, 0.05) is 22.5 Å². The summed E-state index contributed by atoms with van der Waals surface area (Å²) in [4.78, 5) is 24.2. The van der Waals surface area contributed by atoms with Crippen molar-refractivity contribution < 1.29 is 23.5 Å². The van der Waals surface area contributed by atoms with Crippen LogP contribution in [-0.4, -0.2) is 40.9 Å². The van der Waals surface area contributed by atoms with Crippen LogP contribution in [0.3, 0.4) is 0 Å². The summed E-state index contributed by atoms with van der Waals surface area (Å²) in [6, 6.07) is 15.9. The summed E-state index contributed by atoms with van der Waals surface area (Å²) in [5.74, 6) is -0.349. The van der Waals surface area contributed by atoms with E-state index in [1.54, 1.807) is 36.4 Å². The molecule has 0 aliphatic carbocycles. The van der Waals surface area contributed by atoms with Crippen molar-refractivity contribution in [2.75, 3.05) is 14.2 Å². The SMILES string of the molecule is COC(=O)c1cccc(-c2nnc(-c3ccc(C(=O)OC)c(-n4c(C)ccc4C)c3)o2)c1. The molecule has 0 radical (unpaired) electrons. The normalized spacial score (nSPS) is 10.8. The van der Waals surface area contributed by atoms with E-state index in [2.05, 4.69) is 10.2 Å². The van der Waals surface area contributed by atoms with Gasteiger partial charge < -0.3 is 18.5 Å². The minimum absolute atomic E-state index is 0.262. The maximum Gasteiger partial charge on any atom is 0.339 e. The van der Waals surface area contributed by atoms with E-state index in [0.717, 1.165) is 11.4 Å². The number of hydrogen-bond donors (Lipinski definition) is 0. The lowest BCUT2D eigenvalue weighted by Crippen LogP contribution is -2.10. The first kappa shape index (κ1) is 21.0. The van der Waals surface area contributed by atoms with E-state index >= 15 is 0 Å². The zero-order valence-corrected chi connectivity index (χ0v) is 18.1. The summed E-state index contributed by atoms with van der Waals surface area (Å²) >= 11 is 0. The van der Waals surface area contributed by atoms with Gasteiger partial charge in [-0.2, -0.15) is 0 Å². The third-order valence-electron chi connectivity index (χ3n) is 5.12. The quantitative estimate of drug-likeness (QED) is 0.433. The smallest absolute Gasteiger partial charge is 0.339 e. The molecule has 0 spiro atoms. The summed E-state index contributed by atoms with van der Waals surface area (Å²) in [5, 5.41) is 8.28. The minimum Gasteiger partial charge on any atom is -0.465 e. The average molecular weight is 431 g/mol. The van der Waals surface area contributed by atoms with Crippen LogP contribution in [-0.2, 0) is 9.47 Å². The zero-order chi connectivity index (χ0) is 22.8. The Kier molecular flexibility index (Phi) is 5.59. The van der Waals surface area contributed by atoms with E-state index in [4.69, 9.17) is 13.9 Å². The highest BCUT2D eigenvalue weighted by Crippen LogP contribution is 2.29. The number of carbonyl (C=O) groups is 2. The van der Waals surface area contributed by atoms with Gasteiger partial charge in [-0.15, -0.1) is 10.2 Å². The fourth-order valence-electron chi connectivity index (χ4n) is 3.53. The van der Waals surface area contributed by atoms with Crippen molar-refractivity contribution >= 4 is 11.9 Å². The number of carbonyl (C=O) groups excluding carboxylic acids is 2. The molecule has 162 valence electrons.